The van der Waals surface area contributed by atoms with Crippen LogP contribution in [0.2, 0.25) is 0 Å². The van der Waals surface area contributed by atoms with E-state index in [1.165, 1.54) is 12.5 Å². The fourth-order valence-electron chi connectivity index (χ4n) is 2.49. The summed E-state index contributed by atoms with van der Waals surface area (Å²) in [6.45, 7) is 4.92. The Balaban J connectivity index is 2.16. The van der Waals surface area contributed by atoms with E-state index < -0.39 is 0 Å². The minimum absolute atomic E-state index is 0.187. The lowest BCUT2D eigenvalue weighted by atomic mass is 10.0. The molecule has 1 aliphatic rings. The van der Waals surface area contributed by atoms with E-state index in [1.807, 2.05) is 23.9 Å². The van der Waals surface area contributed by atoms with Crippen molar-refractivity contribution in [1.29, 1.82) is 0 Å². The highest BCUT2D eigenvalue weighted by molar-refractivity contribution is 9.10. The Labute approximate surface area is 127 Å². The van der Waals surface area contributed by atoms with E-state index in [2.05, 4.69) is 27.8 Å². The summed E-state index contributed by atoms with van der Waals surface area (Å²) < 4.78 is 13.8. The van der Waals surface area contributed by atoms with Crippen molar-refractivity contribution in [3.8, 4) is 0 Å². The molecule has 0 bridgehead atoms. The first kappa shape index (κ1) is 15.3. The first-order valence-corrected chi connectivity index (χ1v) is 8.50. The van der Waals surface area contributed by atoms with E-state index in [0.717, 1.165) is 24.4 Å². The molecule has 0 amide bonds. The smallest absolute Gasteiger partial charge is 0.137 e. The summed E-state index contributed by atoms with van der Waals surface area (Å²) in [5, 5.41) is 0.687. The molecule has 0 aromatic heterocycles. The second-order valence-electron chi connectivity index (χ2n) is 4.82. The van der Waals surface area contributed by atoms with Gasteiger partial charge in [0.15, 0.2) is 0 Å². The fourth-order valence-corrected chi connectivity index (χ4v) is 4.09. The molecule has 0 saturated carbocycles. The van der Waals surface area contributed by atoms with Gasteiger partial charge in [0.2, 0.25) is 0 Å². The Kier molecular flexibility index (Phi) is 5.69. The van der Waals surface area contributed by atoms with Crippen molar-refractivity contribution in [2.75, 3.05) is 25.4 Å². The van der Waals surface area contributed by atoms with Crippen LogP contribution in [0.1, 0.15) is 24.9 Å². The van der Waals surface area contributed by atoms with Crippen LogP contribution in [-0.2, 0) is 0 Å². The first-order chi connectivity index (χ1) is 9.15. The average molecular weight is 347 g/mol. The van der Waals surface area contributed by atoms with Gasteiger partial charge in [0, 0.05) is 36.7 Å². The Morgan fingerprint density at radius 1 is 1.58 bits per heavy atom. The zero-order chi connectivity index (χ0) is 13.8. The highest BCUT2D eigenvalue weighted by Crippen LogP contribution is 2.30. The number of hydrogen-bond acceptors (Lipinski definition) is 3. The van der Waals surface area contributed by atoms with Crippen molar-refractivity contribution in [3.05, 3.63) is 34.1 Å². The summed E-state index contributed by atoms with van der Waals surface area (Å²) >= 11 is 5.30. The number of benzene rings is 1. The van der Waals surface area contributed by atoms with Gasteiger partial charge >= 0.3 is 0 Å². The molecule has 2 unspecified atom stereocenters. The number of nitrogens with zero attached hydrogens (tertiary/aromatic N) is 1. The van der Waals surface area contributed by atoms with Gasteiger partial charge in [0.25, 0.3) is 0 Å². The monoisotopic (exact) mass is 346 g/mol. The van der Waals surface area contributed by atoms with E-state index in [9.17, 15) is 4.39 Å². The summed E-state index contributed by atoms with van der Waals surface area (Å²) in [6, 6.07) is 5.40. The number of nitrogens with two attached hydrogens (primary N) is 1. The number of halogens is 2. The molecule has 5 heteroatoms. The maximum absolute atomic E-state index is 13.3. The van der Waals surface area contributed by atoms with Gasteiger partial charge in [-0.3, -0.25) is 4.90 Å². The van der Waals surface area contributed by atoms with Crippen LogP contribution in [-0.4, -0.2) is 35.5 Å². The van der Waals surface area contributed by atoms with Crippen LogP contribution >= 0.6 is 27.7 Å². The number of hydrogen-bond donors (Lipinski definition) is 1. The minimum Gasteiger partial charge on any atom is -0.329 e. The molecule has 19 heavy (non-hydrogen) atoms. The van der Waals surface area contributed by atoms with Crippen LogP contribution in [0.5, 0.6) is 0 Å². The third-order valence-electron chi connectivity index (χ3n) is 3.62. The van der Waals surface area contributed by atoms with Crippen LogP contribution < -0.4 is 5.73 Å². The molecule has 1 fully saturated rings. The van der Waals surface area contributed by atoms with Gasteiger partial charge in [-0.15, -0.1) is 0 Å². The van der Waals surface area contributed by atoms with Gasteiger partial charge < -0.3 is 5.73 Å². The number of rotatable bonds is 4. The molecule has 106 valence electrons. The Hall–Kier alpha value is -0.100. The standard InChI is InChI=1S/C14H20BrFN2S/c1-2-11-9-18(5-6-19-11)14(8-17)10-3-4-13(16)12(15)7-10/h3-4,7,11,14H,2,5-6,8-9,17H2,1H3. The normalized spacial score (nSPS) is 22.4. The maximum Gasteiger partial charge on any atom is 0.137 e. The van der Waals surface area contributed by atoms with Crippen molar-refractivity contribution in [1.82, 2.24) is 4.90 Å². The fraction of sp³-hybridized carbons (Fsp3) is 0.571. The third-order valence-corrected chi connectivity index (χ3v) is 5.60. The summed E-state index contributed by atoms with van der Waals surface area (Å²) in [5.41, 5.74) is 7.05. The lowest BCUT2D eigenvalue weighted by Crippen LogP contribution is -2.42. The van der Waals surface area contributed by atoms with Crippen molar-refractivity contribution in [2.45, 2.75) is 24.6 Å². The maximum atomic E-state index is 13.3. The average Bonchev–Trinajstić information content (AvgIpc) is 2.44. The molecular formula is C14H20BrFN2S. The SMILES string of the molecule is CCC1CN(C(CN)c2ccc(F)c(Br)c2)CCS1. The van der Waals surface area contributed by atoms with E-state index in [-0.39, 0.29) is 11.9 Å². The van der Waals surface area contributed by atoms with Gasteiger partial charge in [-0.25, -0.2) is 4.39 Å². The predicted molar refractivity (Wildman–Crippen MR) is 84.0 cm³/mol. The summed E-state index contributed by atoms with van der Waals surface area (Å²) in [6.07, 6.45) is 1.19. The molecule has 2 nitrogen and oxygen atoms in total. The Morgan fingerprint density at radius 2 is 2.37 bits per heavy atom. The quantitative estimate of drug-likeness (QED) is 0.905. The van der Waals surface area contributed by atoms with Crippen LogP contribution in [0, 0.1) is 5.82 Å². The molecule has 1 aromatic rings. The zero-order valence-electron chi connectivity index (χ0n) is 11.1. The molecule has 0 radical (unpaired) electrons. The lowest BCUT2D eigenvalue weighted by Gasteiger charge is -2.37. The minimum atomic E-state index is -0.222. The molecular weight excluding hydrogens is 327 g/mol. The Bertz CT molecular complexity index is 430. The molecule has 0 aliphatic carbocycles. The van der Waals surface area contributed by atoms with Crippen molar-refractivity contribution in [3.63, 3.8) is 0 Å². The highest BCUT2D eigenvalue weighted by atomic mass is 79.9. The third kappa shape index (κ3) is 3.72. The van der Waals surface area contributed by atoms with Gasteiger partial charge in [-0.05, 0) is 40.0 Å². The molecule has 1 saturated heterocycles. The van der Waals surface area contributed by atoms with Crippen LogP contribution in [0.15, 0.2) is 22.7 Å². The summed E-state index contributed by atoms with van der Waals surface area (Å²) in [5.74, 6) is 0.928. The predicted octanol–water partition coefficient (Wildman–Crippen LogP) is 3.42. The van der Waals surface area contributed by atoms with Gasteiger partial charge in [0.1, 0.15) is 5.82 Å². The van der Waals surface area contributed by atoms with Crippen LogP contribution in [0.3, 0.4) is 0 Å². The second-order valence-corrected chi connectivity index (χ2v) is 7.08. The summed E-state index contributed by atoms with van der Waals surface area (Å²) in [7, 11) is 0. The molecule has 2 rings (SSSR count). The largest absolute Gasteiger partial charge is 0.329 e. The zero-order valence-corrected chi connectivity index (χ0v) is 13.5. The molecule has 1 aliphatic heterocycles. The molecule has 1 heterocycles. The second kappa shape index (κ2) is 7.07. The van der Waals surface area contributed by atoms with Crippen LogP contribution in [0.4, 0.5) is 4.39 Å². The van der Waals surface area contributed by atoms with Crippen molar-refractivity contribution < 1.29 is 4.39 Å². The van der Waals surface area contributed by atoms with Crippen molar-refractivity contribution in [2.24, 2.45) is 5.73 Å². The summed E-state index contributed by atoms with van der Waals surface area (Å²) in [4.78, 5) is 2.43. The molecule has 2 atom stereocenters. The topological polar surface area (TPSA) is 29.3 Å². The number of thioether (sulfide) groups is 1. The van der Waals surface area contributed by atoms with E-state index >= 15 is 0 Å². The van der Waals surface area contributed by atoms with Gasteiger partial charge in [-0.2, -0.15) is 11.8 Å². The van der Waals surface area contributed by atoms with E-state index in [4.69, 9.17) is 5.73 Å². The van der Waals surface area contributed by atoms with Crippen LogP contribution in [0.25, 0.3) is 0 Å². The first-order valence-electron chi connectivity index (χ1n) is 6.66. The van der Waals surface area contributed by atoms with Gasteiger partial charge in [0.05, 0.1) is 4.47 Å². The Morgan fingerprint density at radius 3 is 3.00 bits per heavy atom. The molecule has 0 spiro atoms. The van der Waals surface area contributed by atoms with Gasteiger partial charge in [-0.1, -0.05) is 13.0 Å². The lowest BCUT2D eigenvalue weighted by molar-refractivity contribution is 0.207. The van der Waals surface area contributed by atoms with E-state index in [0.29, 0.717) is 16.3 Å². The van der Waals surface area contributed by atoms with Crippen molar-refractivity contribution >= 4 is 27.7 Å². The molecule has 1 aromatic carbocycles. The van der Waals surface area contributed by atoms with E-state index in [1.54, 1.807) is 0 Å². The highest BCUT2D eigenvalue weighted by Gasteiger charge is 2.26. The molecule has 2 N–H and O–H groups in total.